The van der Waals surface area contributed by atoms with E-state index in [1.54, 1.807) is 34.8 Å². The highest BCUT2D eigenvalue weighted by atomic mass is 35.5. The third kappa shape index (κ3) is 2.79. The van der Waals surface area contributed by atoms with Crippen LogP contribution in [0.1, 0.15) is 44.0 Å². The molecule has 3 rings (SSSR count). The number of aromatic amines is 1. The molecule has 2 atom stereocenters. The van der Waals surface area contributed by atoms with Gasteiger partial charge in [-0.15, -0.1) is 0 Å². The molecule has 23 heavy (non-hydrogen) atoms. The van der Waals surface area contributed by atoms with Gasteiger partial charge in [0, 0.05) is 28.7 Å². The fraction of sp³-hybridized carbons (Fsp3) is 0.438. The Bertz CT molecular complexity index is 786. The first-order valence-corrected chi connectivity index (χ1v) is 9.62. The zero-order chi connectivity index (χ0) is 16.6. The summed E-state index contributed by atoms with van der Waals surface area (Å²) in [7, 11) is -3.59. The van der Waals surface area contributed by atoms with Crippen LogP contribution in [0.2, 0.25) is 5.02 Å². The Morgan fingerprint density at radius 1 is 1.26 bits per heavy atom. The molecule has 0 fully saturated rings. The first-order valence-electron chi connectivity index (χ1n) is 7.80. The minimum absolute atomic E-state index is 0.0754. The van der Waals surface area contributed by atoms with Crippen LogP contribution in [0.3, 0.4) is 0 Å². The lowest BCUT2D eigenvalue weighted by Crippen LogP contribution is -2.46. The highest BCUT2D eigenvalue weighted by Crippen LogP contribution is 2.39. The van der Waals surface area contributed by atoms with Crippen LogP contribution in [0.15, 0.2) is 35.4 Å². The molecule has 1 aliphatic rings. The third-order valence-corrected chi connectivity index (χ3v) is 6.69. The molecule has 1 aliphatic heterocycles. The van der Waals surface area contributed by atoms with Crippen molar-refractivity contribution >= 4 is 21.6 Å². The summed E-state index contributed by atoms with van der Waals surface area (Å²) in [6.45, 7) is 4.02. The second-order valence-corrected chi connectivity index (χ2v) is 8.06. The molecule has 0 saturated heterocycles. The smallest absolute Gasteiger partial charge is 0.243 e. The van der Waals surface area contributed by atoms with Gasteiger partial charge in [0.1, 0.15) is 0 Å². The molecule has 7 heteroatoms. The number of hydrogen-bond acceptors (Lipinski definition) is 3. The zero-order valence-electron chi connectivity index (χ0n) is 13.2. The summed E-state index contributed by atoms with van der Waals surface area (Å²) in [5, 5.41) is 7.65. The van der Waals surface area contributed by atoms with Gasteiger partial charge in [-0.05, 0) is 37.1 Å². The fourth-order valence-corrected chi connectivity index (χ4v) is 5.37. The number of halogens is 1. The molecule has 1 aromatic carbocycles. The maximum Gasteiger partial charge on any atom is 0.243 e. The van der Waals surface area contributed by atoms with E-state index in [4.69, 9.17) is 11.6 Å². The molecule has 0 bridgehead atoms. The minimum Gasteiger partial charge on any atom is -0.282 e. The van der Waals surface area contributed by atoms with E-state index in [1.807, 2.05) is 13.8 Å². The molecule has 1 N–H and O–H groups in total. The number of nitrogens with one attached hydrogen (secondary N) is 1. The van der Waals surface area contributed by atoms with Crippen molar-refractivity contribution in [2.75, 3.05) is 0 Å². The van der Waals surface area contributed by atoms with Gasteiger partial charge in [-0.1, -0.05) is 25.4 Å². The quantitative estimate of drug-likeness (QED) is 0.914. The molecular formula is C16H20ClN3O2S. The second-order valence-electron chi connectivity index (χ2n) is 5.78. The Morgan fingerprint density at radius 2 is 1.96 bits per heavy atom. The Morgan fingerprint density at radius 3 is 2.57 bits per heavy atom. The van der Waals surface area contributed by atoms with E-state index in [0.29, 0.717) is 17.9 Å². The first kappa shape index (κ1) is 16.5. The van der Waals surface area contributed by atoms with Crippen molar-refractivity contribution in [2.45, 2.75) is 50.1 Å². The second kappa shape index (κ2) is 6.26. The number of nitrogens with zero attached hydrogens (tertiary/aromatic N) is 2. The third-order valence-electron chi connectivity index (χ3n) is 4.46. The normalized spacial score (nSPS) is 22.0. The summed E-state index contributed by atoms with van der Waals surface area (Å²) >= 11 is 5.89. The summed E-state index contributed by atoms with van der Waals surface area (Å²) in [5.41, 5.74) is 2.03. The maximum atomic E-state index is 13.2. The van der Waals surface area contributed by atoms with E-state index >= 15 is 0 Å². The highest BCUT2D eigenvalue weighted by molar-refractivity contribution is 7.89. The standard InChI is InChI=1S/C16H20ClN3O2S/c1-3-12-9-15-14(10-18-19-15)16(4-2)20(12)23(21,22)13-7-5-11(17)6-8-13/h5-8,10,12,16H,3-4,9H2,1-2H3,(H,18,19)/t12-,16-/m1/s1. The van der Waals surface area contributed by atoms with Gasteiger partial charge < -0.3 is 0 Å². The number of fused-ring (bicyclic) bond motifs is 1. The van der Waals surface area contributed by atoms with E-state index in [2.05, 4.69) is 10.2 Å². The van der Waals surface area contributed by atoms with Crippen LogP contribution in [0.25, 0.3) is 0 Å². The lowest BCUT2D eigenvalue weighted by atomic mass is 9.93. The summed E-state index contributed by atoms with van der Waals surface area (Å²) in [6, 6.07) is 6.11. The van der Waals surface area contributed by atoms with Crippen LogP contribution < -0.4 is 0 Å². The van der Waals surface area contributed by atoms with E-state index in [-0.39, 0.29) is 17.0 Å². The molecule has 0 unspecified atom stereocenters. The van der Waals surface area contributed by atoms with Crippen molar-refractivity contribution in [2.24, 2.45) is 0 Å². The number of H-pyrrole nitrogens is 1. The Kier molecular flexibility index (Phi) is 4.49. The lowest BCUT2D eigenvalue weighted by Gasteiger charge is -2.40. The molecule has 5 nitrogen and oxygen atoms in total. The van der Waals surface area contributed by atoms with Gasteiger partial charge in [0.15, 0.2) is 0 Å². The molecule has 124 valence electrons. The number of hydrogen-bond donors (Lipinski definition) is 1. The number of rotatable bonds is 4. The van der Waals surface area contributed by atoms with Gasteiger partial charge in [-0.2, -0.15) is 9.40 Å². The monoisotopic (exact) mass is 353 g/mol. The molecule has 2 aromatic rings. The van der Waals surface area contributed by atoms with Crippen LogP contribution in [-0.4, -0.2) is 29.0 Å². The number of sulfonamides is 1. The van der Waals surface area contributed by atoms with Gasteiger partial charge >= 0.3 is 0 Å². The molecule has 1 aromatic heterocycles. The maximum absolute atomic E-state index is 13.2. The van der Waals surface area contributed by atoms with Crippen molar-refractivity contribution in [1.82, 2.24) is 14.5 Å². The molecule has 0 aliphatic carbocycles. The Balaban J connectivity index is 2.09. The number of aromatic nitrogens is 2. The van der Waals surface area contributed by atoms with Gasteiger partial charge in [0.2, 0.25) is 10.0 Å². The van der Waals surface area contributed by atoms with E-state index in [0.717, 1.165) is 17.7 Å². The predicted molar refractivity (Wildman–Crippen MR) is 89.9 cm³/mol. The fourth-order valence-electron chi connectivity index (χ4n) is 3.31. The summed E-state index contributed by atoms with van der Waals surface area (Å²) < 4.78 is 28.1. The zero-order valence-corrected chi connectivity index (χ0v) is 14.7. The van der Waals surface area contributed by atoms with Crippen LogP contribution in [0.4, 0.5) is 0 Å². The Hall–Kier alpha value is -1.37. The van der Waals surface area contributed by atoms with Crippen LogP contribution in [0, 0.1) is 0 Å². The summed E-state index contributed by atoms with van der Waals surface area (Å²) in [6.07, 6.45) is 3.87. The van der Waals surface area contributed by atoms with Gasteiger partial charge in [-0.3, -0.25) is 5.10 Å². The average Bonchev–Trinajstić information content (AvgIpc) is 3.01. The molecule has 0 saturated carbocycles. The summed E-state index contributed by atoms with van der Waals surface area (Å²) in [4.78, 5) is 0.283. The van der Waals surface area contributed by atoms with Crippen molar-refractivity contribution in [3.05, 3.63) is 46.7 Å². The topological polar surface area (TPSA) is 66.1 Å². The van der Waals surface area contributed by atoms with Crippen LogP contribution >= 0.6 is 11.6 Å². The molecule has 0 spiro atoms. The van der Waals surface area contributed by atoms with Crippen molar-refractivity contribution in [3.8, 4) is 0 Å². The number of benzene rings is 1. The van der Waals surface area contributed by atoms with Crippen molar-refractivity contribution in [3.63, 3.8) is 0 Å². The largest absolute Gasteiger partial charge is 0.282 e. The van der Waals surface area contributed by atoms with Gasteiger partial charge in [0.05, 0.1) is 17.1 Å². The van der Waals surface area contributed by atoms with Crippen molar-refractivity contribution in [1.29, 1.82) is 0 Å². The van der Waals surface area contributed by atoms with Crippen LogP contribution in [0.5, 0.6) is 0 Å². The summed E-state index contributed by atoms with van der Waals surface area (Å²) in [5.74, 6) is 0. The molecule has 0 amide bonds. The first-order chi connectivity index (χ1) is 11.0. The molecular weight excluding hydrogens is 334 g/mol. The molecule has 0 radical (unpaired) electrons. The van der Waals surface area contributed by atoms with Crippen molar-refractivity contribution < 1.29 is 8.42 Å². The van der Waals surface area contributed by atoms with E-state index < -0.39 is 10.0 Å². The average molecular weight is 354 g/mol. The van der Waals surface area contributed by atoms with E-state index in [9.17, 15) is 8.42 Å². The SMILES string of the molecule is CC[C@@H]1Cc2[nH]ncc2[C@@H](CC)N1S(=O)(=O)c1ccc(Cl)cc1. The van der Waals surface area contributed by atoms with Gasteiger partial charge in [-0.25, -0.2) is 8.42 Å². The predicted octanol–water partition coefficient (Wildman–Crippen LogP) is 3.54. The van der Waals surface area contributed by atoms with Crippen LogP contribution in [-0.2, 0) is 16.4 Å². The highest BCUT2D eigenvalue weighted by Gasteiger charge is 2.41. The lowest BCUT2D eigenvalue weighted by molar-refractivity contribution is 0.217. The van der Waals surface area contributed by atoms with Gasteiger partial charge in [0.25, 0.3) is 0 Å². The Labute approximate surface area is 141 Å². The molecule has 2 heterocycles. The minimum atomic E-state index is -3.59. The van der Waals surface area contributed by atoms with E-state index in [1.165, 1.54) is 0 Å².